The van der Waals surface area contributed by atoms with Gasteiger partial charge in [0.15, 0.2) is 6.10 Å². The number of nitrogens with zero attached hydrogens (tertiary/aromatic N) is 1. The van der Waals surface area contributed by atoms with E-state index in [2.05, 4.69) is 5.32 Å². The van der Waals surface area contributed by atoms with Gasteiger partial charge in [-0.3, -0.25) is 9.59 Å². The Kier molecular flexibility index (Phi) is 6.35. The molecule has 2 aliphatic heterocycles. The van der Waals surface area contributed by atoms with E-state index < -0.39 is 11.6 Å². The fourth-order valence-electron chi connectivity index (χ4n) is 4.87. The van der Waals surface area contributed by atoms with Crippen molar-refractivity contribution < 1.29 is 23.5 Å². The molecule has 4 rings (SSSR count). The quantitative estimate of drug-likeness (QED) is 0.745. The molecule has 2 amide bonds. The molecule has 3 atom stereocenters. The number of likely N-dealkylation sites (tertiary alicyclic amines) is 1. The van der Waals surface area contributed by atoms with Crippen molar-refractivity contribution in [2.75, 3.05) is 19.7 Å². The normalized spacial score (nSPS) is 23.7. The highest BCUT2D eigenvalue weighted by Gasteiger charge is 2.51. The Hall–Kier alpha value is -3.09. The molecule has 2 heterocycles. The number of carbonyl (C=O) groups excluding carboxylic acids is 2. The standard InChI is InChI=1S/C25H29FN2O4/c1-3-31-20-9-11-21(12-10-20)32-17(2)24(30)28-15-22(18-6-4-7-19(26)14-18)25(16-28)13-5-8-23(29)27-25/h4,6-7,9-12,14,17,22H,3,5,8,13,15-16H2,1-2H3,(H,27,29)/t17-,22+,25-/m1/s1. The van der Waals surface area contributed by atoms with Gasteiger partial charge >= 0.3 is 0 Å². The molecule has 0 aliphatic carbocycles. The molecule has 1 spiro atoms. The Balaban J connectivity index is 1.51. The van der Waals surface area contributed by atoms with Crippen LogP contribution in [0, 0.1) is 5.82 Å². The second-order valence-corrected chi connectivity index (χ2v) is 8.55. The van der Waals surface area contributed by atoms with E-state index in [0.29, 0.717) is 31.9 Å². The van der Waals surface area contributed by atoms with Gasteiger partial charge in [-0.25, -0.2) is 4.39 Å². The van der Waals surface area contributed by atoms with Crippen LogP contribution in [0.15, 0.2) is 48.5 Å². The first-order valence-corrected chi connectivity index (χ1v) is 11.1. The number of piperidine rings is 1. The first-order valence-electron chi connectivity index (χ1n) is 11.1. The zero-order valence-corrected chi connectivity index (χ0v) is 18.5. The zero-order chi connectivity index (χ0) is 22.7. The van der Waals surface area contributed by atoms with Gasteiger partial charge in [0.1, 0.15) is 17.3 Å². The van der Waals surface area contributed by atoms with Crippen LogP contribution < -0.4 is 14.8 Å². The summed E-state index contributed by atoms with van der Waals surface area (Å²) < 4.78 is 25.3. The molecule has 0 unspecified atom stereocenters. The van der Waals surface area contributed by atoms with Gasteiger partial charge in [-0.05, 0) is 68.7 Å². The number of halogens is 1. The third kappa shape index (κ3) is 4.56. The van der Waals surface area contributed by atoms with E-state index in [1.807, 2.05) is 13.0 Å². The van der Waals surface area contributed by atoms with Gasteiger partial charge in [0.2, 0.25) is 5.91 Å². The van der Waals surface area contributed by atoms with Gasteiger partial charge < -0.3 is 19.7 Å². The van der Waals surface area contributed by atoms with Crippen LogP contribution >= 0.6 is 0 Å². The van der Waals surface area contributed by atoms with Crippen LogP contribution in [0.4, 0.5) is 4.39 Å². The summed E-state index contributed by atoms with van der Waals surface area (Å²) in [5, 5.41) is 3.14. The molecule has 2 saturated heterocycles. The van der Waals surface area contributed by atoms with Crippen LogP contribution in [0.3, 0.4) is 0 Å². The minimum atomic E-state index is -0.699. The summed E-state index contributed by atoms with van der Waals surface area (Å²) in [5.41, 5.74) is 0.208. The summed E-state index contributed by atoms with van der Waals surface area (Å²) >= 11 is 0. The van der Waals surface area contributed by atoms with Crippen molar-refractivity contribution >= 4 is 11.8 Å². The molecule has 170 valence electrons. The fraction of sp³-hybridized carbons (Fsp3) is 0.440. The minimum Gasteiger partial charge on any atom is -0.494 e. The molecule has 0 bridgehead atoms. The second kappa shape index (κ2) is 9.18. The average molecular weight is 441 g/mol. The van der Waals surface area contributed by atoms with E-state index in [4.69, 9.17) is 9.47 Å². The zero-order valence-electron chi connectivity index (χ0n) is 18.5. The van der Waals surface area contributed by atoms with Gasteiger partial charge in [-0.2, -0.15) is 0 Å². The molecule has 2 aliphatic rings. The van der Waals surface area contributed by atoms with Crippen LogP contribution in [0.5, 0.6) is 11.5 Å². The Morgan fingerprint density at radius 2 is 2.00 bits per heavy atom. The van der Waals surface area contributed by atoms with Crippen molar-refractivity contribution in [3.05, 3.63) is 59.9 Å². The molecule has 1 N–H and O–H groups in total. The second-order valence-electron chi connectivity index (χ2n) is 8.55. The lowest BCUT2D eigenvalue weighted by Crippen LogP contribution is -2.56. The lowest BCUT2D eigenvalue weighted by Gasteiger charge is -2.39. The Bertz CT molecular complexity index is 980. The molecular weight excluding hydrogens is 411 g/mol. The van der Waals surface area contributed by atoms with Crippen LogP contribution in [0.2, 0.25) is 0 Å². The number of nitrogens with one attached hydrogen (secondary N) is 1. The minimum absolute atomic E-state index is 0.0226. The summed E-state index contributed by atoms with van der Waals surface area (Å²) in [5.74, 6) is 0.644. The van der Waals surface area contributed by atoms with E-state index in [9.17, 15) is 14.0 Å². The molecule has 2 aromatic rings. The number of rotatable bonds is 6. The van der Waals surface area contributed by atoms with Crippen LogP contribution in [0.1, 0.15) is 44.6 Å². The maximum atomic E-state index is 14.0. The van der Waals surface area contributed by atoms with Crippen molar-refractivity contribution in [1.29, 1.82) is 0 Å². The molecule has 2 fully saturated rings. The average Bonchev–Trinajstić information content (AvgIpc) is 3.12. The van der Waals surface area contributed by atoms with Gasteiger partial charge in [0.05, 0.1) is 12.1 Å². The van der Waals surface area contributed by atoms with E-state index in [0.717, 1.165) is 24.2 Å². The fourth-order valence-corrected chi connectivity index (χ4v) is 4.87. The summed E-state index contributed by atoms with van der Waals surface area (Å²) in [7, 11) is 0. The third-order valence-electron chi connectivity index (χ3n) is 6.32. The van der Waals surface area contributed by atoms with Gasteiger partial charge in [0.25, 0.3) is 5.91 Å². The van der Waals surface area contributed by atoms with Gasteiger partial charge in [0, 0.05) is 25.4 Å². The van der Waals surface area contributed by atoms with Gasteiger partial charge in [-0.15, -0.1) is 0 Å². The van der Waals surface area contributed by atoms with E-state index in [1.54, 1.807) is 42.2 Å². The lowest BCUT2D eigenvalue weighted by atomic mass is 9.76. The van der Waals surface area contributed by atoms with Crippen molar-refractivity contribution in [3.63, 3.8) is 0 Å². The van der Waals surface area contributed by atoms with E-state index >= 15 is 0 Å². The van der Waals surface area contributed by atoms with Crippen molar-refractivity contribution in [2.45, 2.75) is 50.7 Å². The lowest BCUT2D eigenvalue weighted by molar-refractivity contribution is -0.137. The predicted molar refractivity (Wildman–Crippen MR) is 118 cm³/mol. The Morgan fingerprint density at radius 3 is 2.69 bits per heavy atom. The highest BCUT2D eigenvalue weighted by Crippen LogP contribution is 2.41. The smallest absolute Gasteiger partial charge is 0.263 e. The maximum Gasteiger partial charge on any atom is 0.263 e. The highest BCUT2D eigenvalue weighted by atomic mass is 19.1. The number of benzene rings is 2. The van der Waals surface area contributed by atoms with Crippen molar-refractivity contribution in [1.82, 2.24) is 10.2 Å². The predicted octanol–water partition coefficient (Wildman–Crippen LogP) is 3.66. The summed E-state index contributed by atoms with van der Waals surface area (Å²) in [6.07, 6.45) is 1.27. The molecule has 0 aromatic heterocycles. The number of hydrogen-bond donors (Lipinski definition) is 1. The van der Waals surface area contributed by atoms with Crippen molar-refractivity contribution in [2.24, 2.45) is 0 Å². The number of hydrogen-bond acceptors (Lipinski definition) is 4. The molecule has 32 heavy (non-hydrogen) atoms. The topological polar surface area (TPSA) is 67.9 Å². The monoisotopic (exact) mass is 440 g/mol. The number of carbonyl (C=O) groups is 2. The molecule has 0 saturated carbocycles. The van der Waals surface area contributed by atoms with Crippen LogP contribution in [0.25, 0.3) is 0 Å². The van der Waals surface area contributed by atoms with Crippen LogP contribution in [-0.2, 0) is 9.59 Å². The van der Waals surface area contributed by atoms with Crippen molar-refractivity contribution in [3.8, 4) is 11.5 Å². The van der Waals surface area contributed by atoms with E-state index in [-0.39, 0.29) is 23.5 Å². The number of amides is 2. The first kappa shape index (κ1) is 22.1. The van der Waals surface area contributed by atoms with E-state index in [1.165, 1.54) is 12.1 Å². The summed E-state index contributed by atoms with van der Waals surface area (Å²) in [4.78, 5) is 27.3. The summed E-state index contributed by atoms with van der Waals surface area (Å²) in [6, 6.07) is 13.6. The molecule has 0 radical (unpaired) electrons. The van der Waals surface area contributed by atoms with Crippen LogP contribution in [-0.4, -0.2) is 48.1 Å². The first-order chi connectivity index (χ1) is 15.4. The largest absolute Gasteiger partial charge is 0.494 e. The third-order valence-corrected chi connectivity index (χ3v) is 6.32. The SMILES string of the molecule is CCOc1ccc(O[C@H](C)C(=O)N2C[C@@H](c3cccc(F)c3)[C@@]3(CCCC(=O)N3)C2)cc1. The Labute approximate surface area is 187 Å². The highest BCUT2D eigenvalue weighted by molar-refractivity contribution is 5.83. The Morgan fingerprint density at radius 1 is 1.25 bits per heavy atom. The maximum absolute atomic E-state index is 14.0. The van der Waals surface area contributed by atoms with Gasteiger partial charge in [-0.1, -0.05) is 12.1 Å². The molecule has 6 nitrogen and oxygen atoms in total. The molecule has 7 heteroatoms. The summed E-state index contributed by atoms with van der Waals surface area (Å²) in [6.45, 7) is 5.00. The molecule has 2 aromatic carbocycles. The molecular formula is C25H29FN2O4. The number of ether oxygens (including phenoxy) is 2.